The van der Waals surface area contributed by atoms with Crippen LogP contribution in [0.25, 0.3) is 11.3 Å². The lowest BCUT2D eigenvalue weighted by molar-refractivity contribution is 0.414. The summed E-state index contributed by atoms with van der Waals surface area (Å²) >= 11 is 1.52. The van der Waals surface area contributed by atoms with Crippen LogP contribution >= 0.6 is 11.3 Å². The molecule has 0 spiro atoms. The maximum Gasteiger partial charge on any atom is 0.207 e. The maximum absolute atomic E-state index is 13.3. The van der Waals surface area contributed by atoms with Crippen LogP contribution in [0.3, 0.4) is 0 Å². The second-order valence-corrected chi connectivity index (χ2v) is 8.47. The van der Waals surface area contributed by atoms with Gasteiger partial charge in [0, 0.05) is 17.4 Å². The number of aromatic nitrogens is 1. The maximum atomic E-state index is 13.3. The molecule has 0 saturated carbocycles. The molecule has 0 radical (unpaired) electrons. The Morgan fingerprint density at radius 3 is 2.09 bits per heavy atom. The Balaban J connectivity index is 1.51. The third kappa shape index (κ3) is 4.32. The molecule has 0 saturated heterocycles. The van der Waals surface area contributed by atoms with Crippen LogP contribution in [0.2, 0.25) is 0 Å². The molecule has 5 rings (SSSR count). The van der Waals surface area contributed by atoms with Crippen molar-refractivity contribution in [3.8, 4) is 22.8 Å². The first-order chi connectivity index (χ1) is 16.1. The fourth-order valence-corrected chi connectivity index (χ4v) is 4.69. The summed E-state index contributed by atoms with van der Waals surface area (Å²) in [6.07, 6.45) is 0.740. The minimum atomic E-state index is -0.262. The van der Waals surface area contributed by atoms with Gasteiger partial charge in [0.05, 0.1) is 31.7 Å². The zero-order chi connectivity index (χ0) is 22.8. The highest BCUT2D eigenvalue weighted by Gasteiger charge is 2.31. The molecule has 0 aliphatic carbocycles. The number of ether oxygens (including phenoxy) is 2. The number of rotatable bonds is 6. The number of hydrazone groups is 1. The predicted molar refractivity (Wildman–Crippen MR) is 130 cm³/mol. The van der Waals surface area contributed by atoms with Crippen molar-refractivity contribution in [2.24, 2.45) is 5.10 Å². The van der Waals surface area contributed by atoms with E-state index >= 15 is 0 Å². The van der Waals surface area contributed by atoms with Crippen LogP contribution in [0.4, 0.5) is 9.52 Å². The Morgan fingerprint density at radius 1 is 0.848 bits per heavy atom. The normalized spacial score (nSPS) is 15.4. The van der Waals surface area contributed by atoms with Crippen LogP contribution in [0.1, 0.15) is 23.6 Å². The summed E-state index contributed by atoms with van der Waals surface area (Å²) in [5.74, 6) is 1.36. The number of halogens is 1. The molecular weight excluding hydrogens is 437 g/mol. The Labute approximate surface area is 195 Å². The Morgan fingerprint density at radius 2 is 1.45 bits per heavy atom. The molecule has 1 aliphatic heterocycles. The number of thiazole rings is 1. The van der Waals surface area contributed by atoms with Gasteiger partial charge in [-0.15, -0.1) is 11.3 Å². The van der Waals surface area contributed by atoms with Crippen molar-refractivity contribution in [2.75, 3.05) is 19.2 Å². The van der Waals surface area contributed by atoms with Gasteiger partial charge in [-0.2, -0.15) is 5.10 Å². The van der Waals surface area contributed by atoms with Gasteiger partial charge in [-0.3, -0.25) is 0 Å². The van der Waals surface area contributed by atoms with Crippen LogP contribution in [0.5, 0.6) is 11.5 Å². The molecule has 0 bridgehead atoms. The molecule has 0 fully saturated rings. The van der Waals surface area contributed by atoms with E-state index in [1.807, 2.05) is 46.8 Å². The van der Waals surface area contributed by atoms with E-state index in [0.717, 1.165) is 51.1 Å². The van der Waals surface area contributed by atoms with Crippen LogP contribution in [-0.4, -0.2) is 24.9 Å². The molecule has 4 aromatic rings. The molecular formula is C26H22FN3O2S. The standard InChI is InChI=1S/C26H22FN3O2S/c1-31-21-11-5-17(6-12-21)23-15-25(19-7-13-22(32-2)14-8-19)30(29-23)26-28-24(16-33-26)18-3-9-20(27)10-4-18/h3-14,16,25H,15H2,1-2H3/t25-/m1/s1. The molecule has 5 nitrogen and oxygen atoms in total. The SMILES string of the molecule is COc1ccc(C2=NN(c3nc(-c4ccc(F)cc4)cs3)[C@@H](c3ccc(OC)cc3)C2)cc1. The van der Waals surface area contributed by atoms with Gasteiger partial charge in [0.1, 0.15) is 17.3 Å². The zero-order valence-electron chi connectivity index (χ0n) is 18.2. The van der Waals surface area contributed by atoms with Crippen molar-refractivity contribution in [3.05, 3.63) is 95.1 Å². The van der Waals surface area contributed by atoms with Crippen molar-refractivity contribution < 1.29 is 13.9 Å². The third-order valence-electron chi connectivity index (χ3n) is 5.66. The van der Waals surface area contributed by atoms with E-state index in [1.165, 1.54) is 23.5 Å². The smallest absolute Gasteiger partial charge is 0.207 e. The minimum absolute atomic E-state index is 0.000209. The number of anilines is 1. The van der Waals surface area contributed by atoms with Gasteiger partial charge in [-0.1, -0.05) is 12.1 Å². The van der Waals surface area contributed by atoms with Gasteiger partial charge < -0.3 is 9.47 Å². The fraction of sp³-hybridized carbons (Fsp3) is 0.154. The largest absolute Gasteiger partial charge is 0.497 e. The summed E-state index contributed by atoms with van der Waals surface area (Å²) in [5.41, 5.74) is 4.83. The van der Waals surface area contributed by atoms with Crippen molar-refractivity contribution in [2.45, 2.75) is 12.5 Å². The van der Waals surface area contributed by atoms with Gasteiger partial charge in [-0.25, -0.2) is 14.4 Å². The predicted octanol–water partition coefficient (Wildman–Crippen LogP) is 6.32. The molecule has 1 aliphatic rings. The van der Waals surface area contributed by atoms with Gasteiger partial charge in [0.15, 0.2) is 0 Å². The Hall–Kier alpha value is -3.71. The third-order valence-corrected chi connectivity index (χ3v) is 6.49. The van der Waals surface area contributed by atoms with Crippen LogP contribution in [0.15, 0.2) is 83.3 Å². The molecule has 1 atom stereocenters. The van der Waals surface area contributed by atoms with E-state index in [2.05, 4.69) is 12.1 Å². The second kappa shape index (κ2) is 9.03. The number of benzene rings is 3. The topological polar surface area (TPSA) is 47.0 Å². The number of hydrogen-bond donors (Lipinski definition) is 0. The summed E-state index contributed by atoms with van der Waals surface area (Å²) in [5, 5.41) is 9.73. The average molecular weight is 460 g/mol. The molecule has 0 amide bonds. The first-order valence-electron chi connectivity index (χ1n) is 10.5. The van der Waals surface area contributed by atoms with E-state index in [1.54, 1.807) is 26.4 Å². The quantitative estimate of drug-likeness (QED) is 0.338. The van der Waals surface area contributed by atoms with Crippen LogP contribution in [-0.2, 0) is 0 Å². The molecule has 2 heterocycles. The van der Waals surface area contributed by atoms with Crippen LogP contribution < -0.4 is 14.5 Å². The van der Waals surface area contributed by atoms with Gasteiger partial charge in [0.25, 0.3) is 0 Å². The van der Waals surface area contributed by atoms with Crippen molar-refractivity contribution in [3.63, 3.8) is 0 Å². The van der Waals surface area contributed by atoms with E-state index < -0.39 is 0 Å². The van der Waals surface area contributed by atoms with E-state index in [4.69, 9.17) is 19.6 Å². The van der Waals surface area contributed by atoms with E-state index in [-0.39, 0.29) is 11.9 Å². The van der Waals surface area contributed by atoms with Crippen molar-refractivity contribution in [1.82, 2.24) is 4.98 Å². The lowest BCUT2D eigenvalue weighted by atomic mass is 9.98. The lowest BCUT2D eigenvalue weighted by Crippen LogP contribution is -2.18. The fourth-order valence-electron chi connectivity index (χ4n) is 3.85. The van der Waals surface area contributed by atoms with Gasteiger partial charge in [-0.05, 0) is 71.8 Å². The first-order valence-corrected chi connectivity index (χ1v) is 11.4. The van der Waals surface area contributed by atoms with E-state index in [0.29, 0.717) is 0 Å². The van der Waals surface area contributed by atoms with Crippen molar-refractivity contribution >= 4 is 22.2 Å². The zero-order valence-corrected chi connectivity index (χ0v) is 19.1. The molecule has 33 heavy (non-hydrogen) atoms. The highest BCUT2D eigenvalue weighted by molar-refractivity contribution is 7.14. The number of methoxy groups -OCH3 is 2. The van der Waals surface area contributed by atoms with Crippen molar-refractivity contribution in [1.29, 1.82) is 0 Å². The molecule has 0 N–H and O–H groups in total. The van der Waals surface area contributed by atoms with Crippen LogP contribution in [0, 0.1) is 5.82 Å². The molecule has 166 valence electrons. The summed E-state index contributed by atoms with van der Waals surface area (Å²) in [7, 11) is 3.32. The average Bonchev–Trinajstić information content (AvgIpc) is 3.52. The molecule has 3 aromatic carbocycles. The number of hydrogen-bond acceptors (Lipinski definition) is 6. The highest BCUT2D eigenvalue weighted by Crippen LogP contribution is 2.40. The summed E-state index contributed by atoms with van der Waals surface area (Å²) in [4.78, 5) is 4.83. The van der Waals surface area contributed by atoms with Gasteiger partial charge >= 0.3 is 0 Å². The second-order valence-electron chi connectivity index (χ2n) is 7.64. The first kappa shape index (κ1) is 21.2. The monoisotopic (exact) mass is 459 g/mol. The summed E-state index contributed by atoms with van der Waals surface area (Å²) < 4.78 is 24.0. The van der Waals surface area contributed by atoms with Gasteiger partial charge in [0.2, 0.25) is 5.13 Å². The van der Waals surface area contributed by atoms with E-state index in [9.17, 15) is 4.39 Å². The highest BCUT2D eigenvalue weighted by atomic mass is 32.1. The summed E-state index contributed by atoms with van der Waals surface area (Å²) in [6.45, 7) is 0. The molecule has 0 unspecified atom stereocenters. The molecule has 1 aromatic heterocycles. The molecule has 7 heteroatoms. The minimum Gasteiger partial charge on any atom is -0.497 e. The Kier molecular flexibility index (Phi) is 5.79. The summed E-state index contributed by atoms with van der Waals surface area (Å²) in [6, 6.07) is 22.4. The number of nitrogens with zero attached hydrogens (tertiary/aromatic N) is 3. The lowest BCUT2D eigenvalue weighted by Gasteiger charge is -2.21. The Bertz CT molecular complexity index is 1270.